The number of ether oxygens (including phenoxy) is 2. The molecule has 0 heterocycles. The Hall–Kier alpha value is -2.86. The number of rotatable bonds is 11. The van der Waals surface area contributed by atoms with E-state index in [9.17, 15) is 9.59 Å². The molecule has 0 aromatic heterocycles. The summed E-state index contributed by atoms with van der Waals surface area (Å²) in [6.07, 6.45) is 0.886. The lowest BCUT2D eigenvalue weighted by Crippen LogP contribution is -2.26. The van der Waals surface area contributed by atoms with E-state index in [0.29, 0.717) is 26.0 Å². The van der Waals surface area contributed by atoms with E-state index in [4.69, 9.17) is 14.6 Å². The van der Waals surface area contributed by atoms with Crippen LogP contribution in [0.1, 0.15) is 18.1 Å². The first-order valence-corrected chi connectivity index (χ1v) is 8.47. The minimum Gasteiger partial charge on any atom is -0.493 e. The molecule has 0 unspecified atom stereocenters. The Bertz CT molecular complexity index is 697. The van der Waals surface area contributed by atoms with Gasteiger partial charge in [0.25, 0.3) is 0 Å². The van der Waals surface area contributed by atoms with Gasteiger partial charge in [-0.2, -0.15) is 0 Å². The summed E-state index contributed by atoms with van der Waals surface area (Å²) in [5.41, 5.74) is 2.75. The maximum atomic E-state index is 11.1. The van der Waals surface area contributed by atoms with E-state index in [2.05, 4.69) is 5.32 Å². The SMILES string of the molecule is CCO[C@@H](Cc1ccc(OCCc2ccc(NC=O)cc2)cc1)C(=O)O. The number of hydrogen-bond donors (Lipinski definition) is 2. The van der Waals surface area contributed by atoms with Crippen LogP contribution in [0, 0.1) is 0 Å². The van der Waals surface area contributed by atoms with Crippen LogP contribution in [0.4, 0.5) is 5.69 Å². The van der Waals surface area contributed by atoms with Crippen LogP contribution in [-0.4, -0.2) is 36.8 Å². The van der Waals surface area contributed by atoms with Gasteiger partial charge in [-0.05, 0) is 42.3 Å². The van der Waals surface area contributed by atoms with Gasteiger partial charge in [0.05, 0.1) is 6.61 Å². The average Bonchev–Trinajstić information content (AvgIpc) is 2.64. The molecule has 0 aliphatic rings. The zero-order chi connectivity index (χ0) is 18.8. The number of hydrogen-bond acceptors (Lipinski definition) is 4. The van der Waals surface area contributed by atoms with Crippen LogP contribution in [0.5, 0.6) is 5.75 Å². The Morgan fingerprint density at radius 2 is 1.77 bits per heavy atom. The Kier molecular flexibility index (Phi) is 7.64. The minimum absolute atomic E-state index is 0.324. The topological polar surface area (TPSA) is 84.9 Å². The fraction of sp³-hybridized carbons (Fsp3) is 0.300. The Morgan fingerprint density at radius 3 is 2.35 bits per heavy atom. The zero-order valence-corrected chi connectivity index (χ0v) is 14.7. The maximum Gasteiger partial charge on any atom is 0.333 e. The Balaban J connectivity index is 1.81. The largest absolute Gasteiger partial charge is 0.493 e. The number of amides is 1. The molecule has 26 heavy (non-hydrogen) atoms. The van der Waals surface area contributed by atoms with E-state index in [1.807, 2.05) is 48.5 Å². The molecule has 0 saturated heterocycles. The monoisotopic (exact) mass is 357 g/mol. The predicted molar refractivity (Wildman–Crippen MR) is 98.5 cm³/mol. The van der Waals surface area contributed by atoms with E-state index >= 15 is 0 Å². The molecule has 0 aliphatic heterocycles. The first-order chi connectivity index (χ1) is 12.6. The van der Waals surface area contributed by atoms with Gasteiger partial charge in [-0.1, -0.05) is 24.3 Å². The van der Waals surface area contributed by atoms with Gasteiger partial charge in [0.1, 0.15) is 5.75 Å². The summed E-state index contributed by atoms with van der Waals surface area (Å²) in [7, 11) is 0. The van der Waals surface area contributed by atoms with E-state index in [-0.39, 0.29) is 0 Å². The normalized spacial score (nSPS) is 11.6. The second-order valence-electron chi connectivity index (χ2n) is 5.69. The third kappa shape index (κ3) is 6.22. The molecule has 0 radical (unpaired) electrons. The van der Waals surface area contributed by atoms with Gasteiger partial charge < -0.3 is 19.9 Å². The third-order valence-electron chi connectivity index (χ3n) is 3.83. The van der Waals surface area contributed by atoms with Crippen LogP contribution in [0.15, 0.2) is 48.5 Å². The molecule has 1 amide bonds. The summed E-state index contributed by atoms with van der Waals surface area (Å²) < 4.78 is 10.9. The molecule has 2 rings (SSSR count). The molecule has 1 atom stereocenters. The van der Waals surface area contributed by atoms with Crippen molar-refractivity contribution < 1.29 is 24.2 Å². The molecule has 6 nitrogen and oxygen atoms in total. The minimum atomic E-state index is -0.957. The second kappa shape index (κ2) is 10.2. The van der Waals surface area contributed by atoms with E-state index in [0.717, 1.165) is 29.0 Å². The molecule has 0 bridgehead atoms. The number of carboxylic acid groups (broad SMARTS) is 1. The number of benzene rings is 2. The first kappa shape index (κ1) is 19.5. The van der Waals surface area contributed by atoms with Crippen LogP contribution < -0.4 is 10.1 Å². The summed E-state index contributed by atoms with van der Waals surface area (Å²) in [5, 5.41) is 11.7. The fourth-order valence-corrected chi connectivity index (χ4v) is 2.48. The van der Waals surface area contributed by atoms with Crippen molar-refractivity contribution in [3.05, 3.63) is 59.7 Å². The quantitative estimate of drug-likeness (QED) is 0.604. The van der Waals surface area contributed by atoms with Crippen molar-refractivity contribution >= 4 is 18.1 Å². The van der Waals surface area contributed by atoms with E-state index in [1.165, 1.54) is 0 Å². The lowest BCUT2D eigenvalue weighted by atomic mass is 10.1. The highest BCUT2D eigenvalue weighted by Gasteiger charge is 2.17. The molecule has 138 valence electrons. The smallest absolute Gasteiger partial charge is 0.333 e. The number of carbonyl (C=O) groups excluding carboxylic acids is 1. The molecular weight excluding hydrogens is 334 g/mol. The molecule has 0 aliphatic carbocycles. The number of carbonyl (C=O) groups is 2. The van der Waals surface area contributed by atoms with Crippen molar-refractivity contribution in [3.8, 4) is 5.75 Å². The van der Waals surface area contributed by atoms with Gasteiger partial charge in [-0.3, -0.25) is 4.79 Å². The van der Waals surface area contributed by atoms with Crippen molar-refractivity contribution in [3.63, 3.8) is 0 Å². The number of carboxylic acids is 1. The fourth-order valence-electron chi connectivity index (χ4n) is 2.48. The van der Waals surface area contributed by atoms with Crippen LogP contribution >= 0.6 is 0 Å². The lowest BCUT2D eigenvalue weighted by Gasteiger charge is -2.13. The van der Waals surface area contributed by atoms with Crippen LogP contribution in [0.2, 0.25) is 0 Å². The van der Waals surface area contributed by atoms with Crippen LogP contribution in [0.25, 0.3) is 0 Å². The third-order valence-corrected chi connectivity index (χ3v) is 3.83. The number of nitrogens with one attached hydrogen (secondary N) is 1. The highest BCUT2D eigenvalue weighted by atomic mass is 16.5. The van der Waals surface area contributed by atoms with Gasteiger partial charge in [0.2, 0.25) is 6.41 Å². The summed E-state index contributed by atoms with van der Waals surface area (Å²) >= 11 is 0. The van der Waals surface area contributed by atoms with Crippen molar-refractivity contribution in [2.24, 2.45) is 0 Å². The Morgan fingerprint density at radius 1 is 1.12 bits per heavy atom. The first-order valence-electron chi connectivity index (χ1n) is 8.47. The lowest BCUT2D eigenvalue weighted by molar-refractivity contribution is -0.149. The zero-order valence-electron chi connectivity index (χ0n) is 14.7. The van der Waals surface area contributed by atoms with E-state index in [1.54, 1.807) is 6.92 Å². The summed E-state index contributed by atoms with van der Waals surface area (Å²) in [6.45, 7) is 2.67. The molecule has 6 heteroatoms. The number of aliphatic carboxylic acids is 1. The maximum absolute atomic E-state index is 11.1. The van der Waals surface area contributed by atoms with Crippen LogP contribution in [-0.2, 0) is 27.2 Å². The van der Waals surface area contributed by atoms with Gasteiger partial charge in [-0.15, -0.1) is 0 Å². The molecular formula is C20H23NO5. The second-order valence-corrected chi connectivity index (χ2v) is 5.69. The predicted octanol–water partition coefficient (Wildman–Crippen LogP) is 2.91. The molecule has 0 saturated carbocycles. The summed E-state index contributed by atoms with van der Waals surface area (Å²) in [4.78, 5) is 21.5. The van der Waals surface area contributed by atoms with Crippen LogP contribution in [0.3, 0.4) is 0 Å². The summed E-state index contributed by atoms with van der Waals surface area (Å²) in [6, 6.07) is 14.9. The standard InChI is InChI=1S/C20H23NO5/c1-2-25-19(20(23)24)13-16-5-9-18(10-6-16)26-12-11-15-3-7-17(8-4-15)21-14-22/h3-10,14,19H,2,11-13H2,1H3,(H,21,22)(H,23,24)/t19-/m0/s1. The molecule has 0 fully saturated rings. The highest BCUT2D eigenvalue weighted by Crippen LogP contribution is 2.15. The van der Waals surface area contributed by atoms with Gasteiger partial charge in [0, 0.05) is 25.1 Å². The van der Waals surface area contributed by atoms with E-state index < -0.39 is 12.1 Å². The van der Waals surface area contributed by atoms with Crippen molar-refractivity contribution in [1.82, 2.24) is 0 Å². The molecule has 0 spiro atoms. The van der Waals surface area contributed by atoms with Gasteiger partial charge in [0.15, 0.2) is 6.10 Å². The molecule has 2 N–H and O–H groups in total. The Labute approximate surface area is 152 Å². The van der Waals surface area contributed by atoms with Crippen molar-refractivity contribution in [2.45, 2.75) is 25.9 Å². The number of anilines is 1. The van der Waals surface area contributed by atoms with Crippen molar-refractivity contribution in [2.75, 3.05) is 18.5 Å². The van der Waals surface area contributed by atoms with Crippen molar-refractivity contribution in [1.29, 1.82) is 0 Å². The highest BCUT2D eigenvalue weighted by molar-refractivity contribution is 5.72. The molecule has 2 aromatic rings. The van der Waals surface area contributed by atoms with Gasteiger partial charge >= 0.3 is 5.97 Å². The summed E-state index contributed by atoms with van der Waals surface area (Å²) in [5.74, 6) is -0.224. The average molecular weight is 357 g/mol. The molecule has 2 aromatic carbocycles. The van der Waals surface area contributed by atoms with Gasteiger partial charge in [-0.25, -0.2) is 4.79 Å².